The van der Waals surface area contributed by atoms with Crippen LogP contribution in [0.15, 0.2) is 84.9 Å². The summed E-state index contributed by atoms with van der Waals surface area (Å²) in [6.45, 7) is 0. The highest BCUT2D eigenvalue weighted by molar-refractivity contribution is 5.70. The highest BCUT2D eigenvalue weighted by atomic mass is 15.0. The normalized spacial score (nSPS) is 22.0. The quantitative estimate of drug-likeness (QED) is 0.746. The topological polar surface area (TPSA) is 35.8 Å². The Labute approximate surface area is 136 Å². The molecule has 0 aliphatic carbocycles. The first kappa shape index (κ1) is 13.6. The van der Waals surface area contributed by atoms with Crippen LogP contribution >= 0.6 is 0 Å². The first-order valence-corrected chi connectivity index (χ1v) is 7.74. The molecule has 1 N–H and O–H groups in total. The highest BCUT2D eigenvalue weighted by Crippen LogP contribution is 2.52. The maximum absolute atomic E-state index is 10.3. The average Bonchev–Trinajstić information content (AvgIpc) is 2.98. The molecule has 3 aromatic rings. The molecule has 0 fully saturated rings. The first-order valence-electron chi connectivity index (χ1n) is 7.74. The zero-order valence-electron chi connectivity index (χ0n) is 12.6. The summed E-state index contributed by atoms with van der Waals surface area (Å²) in [7, 11) is 0. The second kappa shape index (κ2) is 5.30. The first-order chi connectivity index (χ1) is 11.4. The lowest BCUT2D eigenvalue weighted by Crippen LogP contribution is -2.32. The van der Waals surface area contributed by atoms with E-state index < -0.39 is 5.41 Å². The SMILES string of the molecule is N#C[C@]1(c2ccccc2)c2ccccc2N[C@@H]1c1ccccc1. The number of anilines is 1. The van der Waals surface area contributed by atoms with Crippen molar-refractivity contribution < 1.29 is 0 Å². The Morgan fingerprint density at radius 2 is 1.39 bits per heavy atom. The van der Waals surface area contributed by atoms with E-state index >= 15 is 0 Å². The summed E-state index contributed by atoms with van der Waals surface area (Å²) in [5.74, 6) is 0. The zero-order chi connectivity index (χ0) is 15.7. The number of rotatable bonds is 2. The van der Waals surface area contributed by atoms with E-state index in [0.29, 0.717) is 0 Å². The molecular formula is C21H16N2. The number of nitrogens with zero attached hydrogens (tertiary/aromatic N) is 1. The zero-order valence-corrected chi connectivity index (χ0v) is 12.6. The van der Waals surface area contributed by atoms with Crippen LogP contribution in [-0.4, -0.2) is 0 Å². The molecule has 2 heteroatoms. The van der Waals surface area contributed by atoms with Crippen molar-refractivity contribution in [1.82, 2.24) is 0 Å². The van der Waals surface area contributed by atoms with E-state index in [1.807, 2.05) is 66.7 Å². The molecule has 110 valence electrons. The Kier molecular flexibility index (Phi) is 3.13. The molecular weight excluding hydrogens is 280 g/mol. The number of hydrogen-bond donors (Lipinski definition) is 1. The van der Waals surface area contributed by atoms with Crippen molar-refractivity contribution in [2.24, 2.45) is 0 Å². The molecule has 1 aliphatic heterocycles. The Morgan fingerprint density at radius 1 is 0.783 bits per heavy atom. The summed E-state index contributed by atoms with van der Waals surface area (Å²) in [6.07, 6.45) is 0. The fraction of sp³-hybridized carbons (Fsp3) is 0.0952. The largest absolute Gasteiger partial charge is 0.376 e. The van der Waals surface area contributed by atoms with Crippen LogP contribution in [0.25, 0.3) is 0 Å². The lowest BCUT2D eigenvalue weighted by atomic mass is 9.70. The van der Waals surface area contributed by atoms with Crippen LogP contribution in [0, 0.1) is 11.3 Å². The van der Waals surface area contributed by atoms with E-state index in [-0.39, 0.29) is 6.04 Å². The van der Waals surface area contributed by atoms with Gasteiger partial charge in [-0.15, -0.1) is 0 Å². The van der Waals surface area contributed by atoms with Crippen molar-refractivity contribution in [1.29, 1.82) is 5.26 Å². The molecule has 0 bridgehead atoms. The van der Waals surface area contributed by atoms with Gasteiger partial charge in [-0.05, 0) is 17.2 Å². The van der Waals surface area contributed by atoms with Gasteiger partial charge in [-0.1, -0.05) is 78.9 Å². The summed E-state index contributed by atoms with van der Waals surface area (Å²) in [5.41, 5.74) is 3.50. The number of benzene rings is 3. The van der Waals surface area contributed by atoms with E-state index in [1.54, 1.807) is 0 Å². The van der Waals surface area contributed by atoms with Crippen LogP contribution in [0.3, 0.4) is 0 Å². The standard InChI is InChI=1S/C21H16N2/c22-15-21(17-11-5-2-6-12-17)18-13-7-8-14-19(18)23-20(21)16-9-3-1-4-10-16/h1-14,20,23H/t20-,21+/m1/s1. The van der Waals surface area contributed by atoms with Gasteiger partial charge in [0, 0.05) is 11.3 Å². The van der Waals surface area contributed by atoms with Crippen molar-refractivity contribution in [3.63, 3.8) is 0 Å². The van der Waals surface area contributed by atoms with Gasteiger partial charge in [-0.2, -0.15) is 5.26 Å². The van der Waals surface area contributed by atoms with E-state index in [4.69, 9.17) is 0 Å². The Hall–Kier alpha value is -3.05. The molecule has 0 saturated carbocycles. The van der Waals surface area contributed by atoms with Gasteiger partial charge < -0.3 is 5.32 Å². The van der Waals surface area contributed by atoms with Gasteiger partial charge in [0.1, 0.15) is 5.41 Å². The Morgan fingerprint density at radius 3 is 2.09 bits per heavy atom. The van der Waals surface area contributed by atoms with Gasteiger partial charge in [-0.3, -0.25) is 0 Å². The number of para-hydroxylation sites is 1. The second-order valence-electron chi connectivity index (χ2n) is 5.82. The Balaban J connectivity index is 2.00. The van der Waals surface area contributed by atoms with E-state index in [9.17, 15) is 5.26 Å². The highest BCUT2D eigenvalue weighted by Gasteiger charge is 2.49. The van der Waals surface area contributed by atoms with Crippen LogP contribution < -0.4 is 5.32 Å². The predicted octanol–water partition coefficient (Wildman–Crippen LogP) is 4.66. The smallest absolute Gasteiger partial charge is 0.133 e. The summed E-state index contributed by atoms with van der Waals surface area (Å²) >= 11 is 0. The predicted molar refractivity (Wildman–Crippen MR) is 92.1 cm³/mol. The molecule has 1 heterocycles. The molecule has 0 amide bonds. The number of fused-ring (bicyclic) bond motifs is 1. The minimum atomic E-state index is -0.723. The molecule has 0 unspecified atom stereocenters. The number of nitrogens with one attached hydrogen (secondary N) is 1. The molecule has 23 heavy (non-hydrogen) atoms. The monoisotopic (exact) mass is 296 g/mol. The van der Waals surface area contributed by atoms with Crippen molar-refractivity contribution in [3.05, 3.63) is 102 Å². The number of nitriles is 1. The minimum absolute atomic E-state index is 0.103. The van der Waals surface area contributed by atoms with E-state index in [1.165, 1.54) is 0 Å². The summed E-state index contributed by atoms with van der Waals surface area (Å²) in [6, 6.07) is 30.9. The third-order valence-corrected chi connectivity index (χ3v) is 4.62. The van der Waals surface area contributed by atoms with Crippen molar-refractivity contribution in [3.8, 4) is 6.07 Å². The van der Waals surface area contributed by atoms with Crippen LogP contribution in [0.2, 0.25) is 0 Å². The Bertz CT molecular complexity index is 865. The molecule has 0 aromatic heterocycles. The van der Waals surface area contributed by atoms with Gasteiger partial charge >= 0.3 is 0 Å². The fourth-order valence-electron chi connectivity index (χ4n) is 3.56. The molecule has 2 atom stereocenters. The van der Waals surface area contributed by atoms with Gasteiger partial charge in [0.25, 0.3) is 0 Å². The lowest BCUT2D eigenvalue weighted by Gasteiger charge is -2.30. The molecule has 2 nitrogen and oxygen atoms in total. The minimum Gasteiger partial charge on any atom is -0.376 e. The summed E-state index contributed by atoms with van der Waals surface area (Å²) in [5, 5.41) is 13.8. The van der Waals surface area contributed by atoms with E-state index in [0.717, 1.165) is 22.4 Å². The third kappa shape index (κ3) is 1.94. The molecule has 3 aromatic carbocycles. The summed E-state index contributed by atoms with van der Waals surface area (Å²) in [4.78, 5) is 0. The second-order valence-corrected chi connectivity index (χ2v) is 5.82. The van der Waals surface area contributed by atoms with Gasteiger partial charge in [-0.25, -0.2) is 0 Å². The number of hydrogen-bond acceptors (Lipinski definition) is 2. The van der Waals surface area contributed by atoms with E-state index in [2.05, 4.69) is 29.6 Å². The lowest BCUT2D eigenvalue weighted by molar-refractivity contribution is 0.587. The maximum atomic E-state index is 10.3. The fourth-order valence-corrected chi connectivity index (χ4v) is 3.56. The maximum Gasteiger partial charge on any atom is 0.133 e. The van der Waals surface area contributed by atoms with Crippen LogP contribution in [0.1, 0.15) is 22.7 Å². The van der Waals surface area contributed by atoms with Crippen LogP contribution in [-0.2, 0) is 5.41 Å². The molecule has 0 saturated heterocycles. The van der Waals surface area contributed by atoms with Gasteiger partial charge in [0.05, 0.1) is 12.1 Å². The third-order valence-electron chi connectivity index (χ3n) is 4.62. The molecule has 1 aliphatic rings. The molecule has 0 radical (unpaired) electrons. The van der Waals surface area contributed by atoms with Gasteiger partial charge in [0.2, 0.25) is 0 Å². The van der Waals surface area contributed by atoms with Crippen molar-refractivity contribution in [2.45, 2.75) is 11.5 Å². The van der Waals surface area contributed by atoms with Crippen molar-refractivity contribution in [2.75, 3.05) is 5.32 Å². The molecule has 4 rings (SSSR count). The van der Waals surface area contributed by atoms with Crippen molar-refractivity contribution >= 4 is 5.69 Å². The van der Waals surface area contributed by atoms with Gasteiger partial charge in [0.15, 0.2) is 0 Å². The van der Waals surface area contributed by atoms with Crippen LogP contribution in [0.4, 0.5) is 5.69 Å². The summed E-state index contributed by atoms with van der Waals surface area (Å²) < 4.78 is 0. The van der Waals surface area contributed by atoms with Crippen LogP contribution in [0.5, 0.6) is 0 Å². The average molecular weight is 296 g/mol. The molecule has 0 spiro atoms.